The molecular formula is C24H36N2O2. The Bertz CT molecular complexity index is 658. The molecule has 4 heteroatoms. The molecule has 1 heterocycles. The predicted molar refractivity (Wildman–Crippen MR) is 113 cm³/mol. The van der Waals surface area contributed by atoms with Crippen molar-refractivity contribution in [3.63, 3.8) is 0 Å². The summed E-state index contributed by atoms with van der Waals surface area (Å²) >= 11 is 0. The van der Waals surface area contributed by atoms with E-state index in [1.807, 2.05) is 0 Å². The second kappa shape index (κ2) is 8.44. The second-order valence-corrected chi connectivity index (χ2v) is 9.45. The third-order valence-electron chi connectivity index (χ3n) is 7.42. The van der Waals surface area contributed by atoms with Crippen molar-refractivity contribution >= 4 is 5.91 Å². The Morgan fingerprint density at radius 3 is 2.36 bits per heavy atom. The van der Waals surface area contributed by atoms with Crippen LogP contribution in [0.25, 0.3) is 0 Å². The van der Waals surface area contributed by atoms with Gasteiger partial charge in [0.05, 0.1) is 7.11 Å². The molecule has 0 radical (unpaired) electrons. The quantitative estimate of drug-likeness (QED) is 0.802. The van der Waals surface area contributed by atoms with Crippen molar-refractivity contribution < 1.29 is 9.53 Å². The van der Waals surface area contributed by atoms with Crippen LogP contribution in [0.4, 0.5) is 0 Å². The summed E-state index contributed by atoms with van der Waals surface area (Å²) in [6, 6.07) is 9.18. The third kappa shape index (κ3) is 4.37. The average Bonchev–Trinajstić information content (AvgIpc) is 3.47. The molecule has 0 bridgehead atoms. The molecule has 1 saturated heterocycles. The van der Waals surface area contributed by atoms with E-state index in [0.29, 0.717) is 23.8 Å². The number of nitrogens with one attached hydrogen (secondary N) is 1. The van der Waals surface area contributed by atoms with Crippen molar-refractivity contribution in [2.75, 3.05) is 26.7 Å². The largest absolute Gasteiger partial charge is 0.497 e. The van der Waals surface area contributed by atoms with Gasteiger partial charge >= 0.3 is 0 Å². The summed E-state index contributed by atoms with van der Waals surface area (Å²) in [5.41, 5.74) is 1.76. The lowest BCUT2D eigenvalue weighted by Gasteiger charge is -2.44. The van der Waals surface area contributed by atoms with Crippen LogP contribution in [0.2, 0.25) is 0 Å². The number of ether oxygens (including phenoxy) is 1. The van der Waals surface area contributed by atoms with Crippen LogP contribution in [0.1, 0.15) is 63.9 Å². The van der Waals surface area contributed by atoms with Crippen LogP contribution >= 0.6 is 0 Å². The molecule has 2 aliphatic carbocycles. The van der Waals surface area contributed by atoms with Gasteiger partial charge in [-0.05, 0) is 55.7 Å². The smallest absolute Gasteiger partial charge is 0.223 e. The molecular weight excluding hydrogens is 348 g/mol. The number of piperidine rings is 1. The molecule has 4 rings (SSSR count). The first kappa shape index (κ1) is 19.8. The normalized spacial score (nSPS) is 27.9. The summed E-state index contributed by atoms with van der Waals surface area (Å²) in [5, 5.41) is 3.31. The molecule has 154 valence electrons. The van der Waals surface area contributed by atoms with Crippen molar-refractivity contribution in [2.45, 2.75) is 69.7 Å². The number of hydrogen-bond acceptors (Lipinski definition) is 3. The molecule has 0 unspecified atom stereocenters. The Morgan fingerprint density at radius 1 is 1.14 bits per heavy atom. The zero-order valence-electron chi connectivity index (χ0n) is 17.6. The lowest BCUT2D eigenvalue weighted by Crippen LogP contribution is -2.49. The van der Waals surface area contributed by atoms with Crippen LogP contribution < -0.4 is 10.1 Å². The number of benzene rings is 1. The molecule has 1 aromatic carbocycles. The van der Waals surface area contributed by atoms with Crippen LogP contribution in [0.5, 0.6) is 5.75 Å². The van der Waals surface area contributed by atoms with E-state index in [-0.39, 0.29) is 5.41 Å². The SMILES string of the molecule is COc1ccc(C2(CN3CCC(NC(=O)[C@H]4C[C@H]4C)CC3)CCCCC2)cc1. The lowest BCUT2D eigenvalue weighted by molar-refractivity contribution is -0.123. The van der Waals surface area contributed by atoms with Gasteiger partial charge in [0, 0.05) is 37.0 Å². The lowest BCUT2D eigenvalue weighted by atomic mass is 9.69. The van der Waals surface area contributed by atoms with E-state index < -0.39 is 0 Å². The minimum Gasteiger partial charge on any atom is -0.497 e. The summed E-state index contributed by atoms with van der Waals surface area (Å²) in [7, 11) is 1.73. The number of carbonyl (C=O) groups is 1. The van der Waals surface area contributed by atoms with Crippen molar-refractivity contribution in [1.29, 1.82) is 0 Å². The fourth-order valence-electron chi connectivity index (χ4n) is 5.37. The molecule has 0 aromatic heterocycles. The zero-order valence-corrected chi connectivity index (χ0v) is 17.6. The highest BCUT2D eigenvalue weighted by molar-refractivity contribution is 5.81. The maximum Gasteiger partial charge on any atom is 0.223 e. The summed E-state index contributed by atoms with van der Waals surface area (Å²) < 4.78 is 5.37. The number of carbonyl (C=O) groups excluding carboxylic acids is 1. The molecule has 2 saturated carbocycles. The fraction of sp³-hybridized carbons (Fsp3) is 0.708. The minimum atomic E-state index is 0.282. The van der Waals surface area contributed by atoms with Crippen molar-refractivity contribution in [3.05, 3.63) is 29.8 Å². The number of amides is 1. The Labute approximate surface area is 170 Å². The Morgan fingerprint density at radius 2 is 1.79 bits per heavy atom. The van der Waals surface area contributed by atoms with Gasteiger partial charge in [-0.1, -0.05) is 38.3 Å². The van der Waals surface area contributed by atoms with Gasteiger partial charge in [-0.2, -0.15) is 0 Å². The maximum absolute atomic E-state index is 12.2. The number of likely N-dealkylation sites (tertiary alicyclic amines) is 1. The van der Waals surface area contributed by atoms with Gasteiger partial charge in [0.1, 0.15) is 5.75 Å². The summed E-state index contributed by atoms with van der Waals surface area (Å²) in [6.07, 6.45) is 9.86. The molecule has 3 fully saturated rings. The fourth-order valence-corrected chi connectivity index (χ4v) is 5.37. The standard InChI is InChI=1S/C24H36N2O2/c1-18-16-22(18)23(27)25-20-10-14-26(15-11-20)17-24(12-4-3-5-13-24)19-6-8-21(28-2)9-7-19/h6-9,18,20,22H,3-5,10-17H2,1-2H3,(H,25,27)/t18-,22+/m1/s1. The predicted octanol–water partition coefficient (Wildman–Crippen LogP) is 4.13. The second-order valence-electron chi connectivity index (χ2n) is 9.45. The van der Waals surface area contributed by atoms with Crippen LogP contribution in [0.15, 0.2) is 24.3 Å². The van der Waals surface area contributed by atoms with Crippen molar-refractivity contribution in [3.8, 4) is 5.75 Å². The van der Waals surface area contributed by atoms with Gasteiger partial charge in [-0.25, -0.2) is 0 Å². The highest BCUT2D eigenvalue weighted by Crippen LogP contribution is 2.41. The Balaban J connectivity index is 1.36. The van der Waals surface area contributed by atoms with E-state index in [4.69, 9.17) is 4.74 Å². The van der Waals surface area contributed by atoms with Crippen LogP contribution in [-0.4, -0.2) is 43.6 Å². The third-order valence-corrected chi connectivity index (χ3v) is 7.42. The van der Waals surface area contributed by atoms with Gasteiger partial charge in [-0.15, -0.1) is 0 Å². The van der Waals surface area contributed by atoms with Gasteiger partial charge in [0.25, 0.3) is 0 Å². The molecule has 1 aliphatic heterocycles. The highest BCUT2D eigenvalue weighted by Gasteiger charge is 2.40. The highest BCUT2D eigenvalue weighted by atomic mass is 16.5. The van der Waals surface area contributed by atoms with E-state index in [1.165, 1.54) is 37.7 Å². The van der Waals surface area contributed by atoms with Crippen LogP contribution in [0.3, 0.4) is 0 Å². The van der Waals surface area contributed by atoms with Gasteiger partial charge in [0.15, 0.2) is 0 Å². The van der Waals surface area contributed by atoms with E-state index in [1.54, 1.807) is 7.11 Å². The Hall–Kier alpha value is -1.55. The average molecular weight is 385 g/mol. The van der Waals surface area contributed by atoms with Gasteiger partial charge in [-0.3, -0.25) is 4.79 Å². The summed E-state index contributed by atoms with van der Waals surface area (Å²) in [6.45, 7) is 5.53. The van der Waals surface area contributed by atoms with Gasteiger partial charge < -0.3 is 15.0 Å². The summed E-state index contributed by atoms with van der Waals surface area (Å²) in [4.78, 5) is 14.9. The first-order valence-electron chi connectivity index (χ1n) is 11.3. The number of nitrogens with zero attached hydrogens (tertiary/aromatic N) is 1. The topological polar surface area (TPSA) is 41.6 Å². The molecule has 1 aromatic rings. The Kier molecular flexibility index (Phi) is 5.96. The molecule has 1 N–H and O–H groups in total. The molecule has 0 spiro atoms. The van der Waals surface area contributed by atoms with Crippen molar-refractivity contribution in [2.24, 2.45) is 11.8 Å². The maximum atomic E-state index is 12.2. The molecule has 28 heavy (non-hydrogen) atoms. The number of methoxy groups -OCH3 is 1. The van der Waals surface area contributed by atoms with Crippen LogP contribution in [-0.2, 0) is 10.2 Å². The van der Waals surface area contributed by atoms with Gasteiger partial charge in [0.2, 0.25) is 5.91 Å². The number of rotatable bonds is 6. The molecule has 4 nitrogen and oxygen atoms in total. The van der Waals surface area contributed by atoms with Crippen molar-refractivity contribution in [1.82, 2.24) is 10.2 Å². The monoisotopic (exact) mass is 384 g/mol. The van der Waals surface area contributed by atoms with Crippen LogP contribution in [0, 0.1) is 11.8 Å². The summed E-state index contributed by atoms with van der Waals surface area (Å²) in [5.74, 6) is 2.12. The van der Waals surface area contributed by atoms with E-state index in [2.05, 4.69) is 41.4 Å². The molecule has 1 amide bonds. The minimum absolute atomic E-state index is 0.282. The zero-order chi connectivity index (χ0) is 19.6. The number of hydrogen-bond donors (Lipinski definition) is 1. The van der Waals surface area contributed by atoms with E-state index in [0.717, 1.165) is 44.6 Å². The van der Waals surface area contributed by atoms with E-state index in [9.17, 15) is 4.79 Å². The molecule has 3 aliphatic rings. The van der Waals surface area contributed by atoms with E-state index >= 15 is 0 Å². The first-order valence-corrected chi connectivity index (χ1v) is 11.3. The first-order chi connectivity index (χ1) is 13.6. The molecule has 2 atom stereocenters.